The van der Waals surface area contributed by atoms with Crippen molar-refractivity contribution >= 4 is 16.9 Å². The van der Waals surface area contributed by atoms with Gasteiger partial charge in [-0.2, -0.15) is 15.4 Å². The zero-order valence-electron chi connectivity index (χ0n) is 10.1. The molecule has 2 aromatic rings. The highest BCUT2D eigenvalue weighted by atomic mass is 16.5. The first-order chi connectivity index (χ1) is 8.75. The second-order valence-corrected chi connectivity index (χ2v) is 4.45. The van der Waals surface area contributed by atoms with E-state index in [-0.39, 0.29) is 11.9 Å². The van der Waals surface area contributed by atoms with E-state index in [0.29, 0.717) is 30.8 Å². The molecule has 1 amide bonds. The number of hydrogen-bond acceptors (Lipinski definition) is 4. The standard InChI is InChI=1S/C12H14N4O2/c1-8-7-18-5-4-16(8)12(17)9-2-3-10-11(6-9)14-15-13-10/h2-3,6,8H,4-5,7H2,1H3,(H,13,14,15)/t8-/m1/s1. The number of morpholine rings is 1. The number of nitrogens with zero attached hydrogens (tertiary/aromatic N) is 3. The summed E-state index contributed by atoms with van der Waals surface area (Å²) in [7, 11) is 0. The van der Waals surface area contributed by atoms with Crippen LogP contribution in [0.4, 0.5) is 0 Å². The molecule has 0 saturated carbocycles. The Kier molecular flexibility index (Phi) is 2.71. The average molecular weight is 246 g/mol. The van der Waals surface area contributed by atoms with Crippen LogP contribution in [0.25, 0.3) is 11.0 Å². The first kappa shape index (κ1) is 11.2. The summed E-state index contributed by atoms with van der Waals surface area (Å²) in [6.45, 7) is 3.82. The molecule has 0 spiro atoms. The van der Waals surface area contributed by atoms with Gasteiger partial charge in [-0.1, -0.05) is 0 Å². The summed E-state index contributed by atoms with van der Waals surface area (Å²) < 4.78 is 5.33. The number of fused-ring (bicyclic) bond motifs is 1. The minimum Gasteiger partial charge on any atom is -0.377 e. The molecular weight excluding hydrogens is 232 g/mol. The van der Waals surface area contributed by atoms with Crippen molar-refractivity contribution in [1.82, 2.24) is 20.3 Å². The van der Waals surface area contributed by atoms with Crippen LogP contribution in [0, 0.1) is 0 Å². The fourth-order valence-corrected chi connectivity index (χ4v) is 2.17. The summed E-state index contributed by atoms with van der Waals surface area (Å²) in [6.07, 6.45) is 0. The Morgan fingerprint density at radius 1 is 1.44 bits per heavy atom. The van der Waals surface area contributed by atoms with E-state index in [0.717, 1.165) is 5.52 Å². The number of aromatic amines is 1. The number of nitrogens with one attached hydrogen (secondary N) is 1. The van der Waals surface area contributed by atoms with E-state index in [9.17, 15) is 4.79 Å². The average Bonchev–Trinajstić information content (AvgIpc) is 2.85. The Morgan fingerprint density at radius 3 is 3.11 bits per heavy atom. The molecule has 1 saturated heterocycles. The molecule has 6 heteroatoms. The highest BCUT2D eigenvalue weighted by molar-refractivity contribution is 5.97. The zero-order valence-corrected chi connectivity index (χ0v) is 10.1. The summed E-state index contributed by atoms with van der Waals surface area (Å²) in [5.41, 5.74) is 2.12. The van der Waals surface area contributed by atoms with Crippen LogP contribution in [0.3, 0.4) is 0 Å². The molecule has 18 heavy (non-hydrogen) atoms. The van der Waals surface area contributed by atoms with Crippen LogP contribution in [0.1, 0.15) is 17.3 Å². The molecule has 1 atom stereocenters. The van der Waals surface area contributed by atoms with Crippen LogP contribution in [-0.2, 0) is 4.74 Å². The van der Waals surface area contributed by atoms with E-state index in [1.807, 2.05) is 11.8 Å². The van der Waals surface area contributed by atoms with Gasteiger partial charge in [-0.25, -0.2) is 0 Å². The number of H-pyrrole nitrogens is 1. The van der Waals surface area contributed by atoms with Gasteiger partial charge in [0.2, 0.25) is 0 Å². The summed E-state index contributed by atoms with van der Waals surface area (Å²) in [6, 6.07) is 5.47. The number of aromatic nitrogens is 3. The highest BCUT2D eigenvalue weighted by Gasteiger charge is 2.24. The molecule has 1 aliphatic heterocycles. The third-order valence-electron chi connectivity index (χ3n) is 3.19. The maximum absolute atomic E-state index is 12.4. The van der Waals surface area contributed by atoms with E-state index in [1.165, 1.54) is 0 Å². The van der Waals surface area contributed by atoms with Gasteiger partial charge in [-0.3, -0.25) is 4.79 Å². The molecule has 0 unspecified atom stereocenters. The topological polar surface area (TPSA) is 71.1 Å². The minimum absolute atomic E-state index is 0.0238. The molecule has 1 aliphatic rings. The quantitative estimate of drug-likeness (QED) is 0.808. The third-order valence-corrected chi connectivity index (χ3v) is 3.19. The lowest BCUT2D eigenvalue weighted by molar-refractivity contribution is 0.00360. The maximum Gasteiger partial charge on any atom is 0.254 e. The number of rotatable bonds is 1. The molecule has 2 heterocycles. The maximum atomic E-state index is 12.4. The van der Waals surface area contributed by atoms with Crippen LogP contribution in [0.2, 0.25) is 0 Å². The van der Waals surface area contributed by atoms with E-state index < -0.39 is 0 Å². The zero-order chi connectivity index (χ0) is 12.5. The van der Waals surface area contributed by atoms with Crippen molar-refractivity contribution < 1.29 is 9.53 Å². The first-order valence-electron chi connectivity index (χ1n) is 5.95. The Morgan fingerprint density at radius 2 is 2.28 bits per heavy atom. The summed E-state index contributed by atoms with van der Waals surface area (Å²) in [4.78, 5) is 14.2. The van der Waals surface area contributed by atoms with Gasteiger partial charge in [0.15, 0.2) is 0 Å². The van der Waals surface area contributed by atoms with E-state index in [4.69, 9.17) is 4.74 Å². The molecule has 1 aromatic heterocycles. The van der Waals surface area contributed by atoms with Crippen LogP contribution >= 0.6 is 0 Å². The number of amides is 1. The van der Waals surface area contributed by atoms with Gasteiger partial charge < -0.3 is 9.64 Å². The van der Waals surface area contributed by atoms with Crippen molar-refractivity contribution in [3.8, 4) is 0 Å². The van der Waals surface area contributed by atoms with Gasteiger partial charge in [0, 0.05) is 12.1 Å². The lowest BCUT2D eigenvalue weighted by Gasteiger charge is -2.33. The summed E-state index contributed by atoms with van der Waals surface area (Å²) in [5, 5.41) is 10.5. The van der Waals surface area contributed by atoms with Crippen LogP contribution in [0.15, 0.2) is 18.2 Å². The van der Waals surface area contributed by atoms with Gasteiger partial charge in [-0.15, -0.1) is 0 Å². The SMILES string of the molecule is C[C@@H]1COCCN1C(=O)c1ccc2n[nH]nc2c1. The monoisotopic (exact) mass is 246 g/mol. The fourth-order valence-electron chi connectivity index (χ4n) is 2.17. The van der Waals surface area contributed by atoms with Gasteiger partial charge in [-0.05, 0) is 25.1 Å². The molecule has 6 nitrogen and oxygen atoms in total. The van der Waals surface area contributed by atoms with Crippen molar-refractivity contribution in [2.75, 3.05) is 19.8 Å². The van der Waals surface area contributed by atoms with Crippen molar-refractivity contribution in [2.45, 2.75) is 13.0 Å². The molecular formula is C12H14N4O2. The minimum atomic E-state index is 0.0238. The largest absolute Gasteiger partial charge is 0.377 e. The van der Waals surface area contributed by atoms with Crippen molar-refractivity contribution in [1.29, 1.82) is 0 Å². The number of carbonyl (C=O) groups excluding carboxylic acids is 1. The Hall–Kier alpha value is -1.95. The normalized spacial score (nSPS) is 20.3. The third kappa shape index (κ3) is 1.84. The lowest BCUT2D eigenvalue weighted by Crippen LogP contribution is -2.47. The van der Waals surface area contributed by atoms with Crippen LogP contribution < -0.4 is 0 Å². The van der Waals surface area contributed by atoms with Crippen LogP contribution in [0.5, 0.6) is 0 Å². The molecule has 1 aromatic carbocycles. The van der Waals surface area contributed by atoms with Gasteiger partial charge in [0.25, 0.3) is 5.91 Å². The molecule has 1 N–H and O–H groups in total. The highest BCUT2D eigenvalue weighted by Crippen LogP contribution is 2.15. The number of hydrogen-bond donors (Lipinski definition) is 1. The molecule has 94 valence electrons. The fraction of sp³-hybridized carbons (Fsp3) is 0.417. The molecule has 0 bridgehead atoms. The predicted molar refractivity (Wildman–Crippen MR) is 65.2 cm³/mol. The number of carbonyl (C=O) groups is 1. The second kappa shape index (κ2) is 4.38. The predicted octanol–water partition coefficient (Wildman–Crippen LogP) is 0.819. The number of benzene rings is 1. The Balaban J connectivity index is 1.90. The summed E-state index contributed by atoms with van der Waals surface area (Å²) >= 11 is 0. The van der Waals surface area contributed by atoms with Gasteiger partial charge in [0.1, 0.15) is 11.0 Å². The molecule has 3 rings (SSSR count). The molecule has 0 aliphatic carbocycles. The van der Waals surface area contributed by atoms with Crippen LogP contribution in [-0.4, -0.2) is 52.0 Å². The number of ether oxygens (including phenoxy) is 1. The van der Waals surface area contributed by atoms with Gasteiger partial charge in [0.05, 0.1) is 19.3 Å². The van der Waals surface area contributed by atoms with Crippen molar-refractivity contribution in [3.63, 3.8) is 0 Å². The first-order valence-corrected chi connectivity index (χ1v) is 5.95. The van der Waals surface area contributed by atoms with Crippen molar-refractivity contribution in [3.05, 3.63) is 23.8 Å². The Labute approximate surface area is 104 Å². The summed E-state index contributed by atoms with van der Waals surface area (Å²) in [5.74, 6) is 0.0238. The van der Waals surface area contributed by atoms with Crippen molar-refractivity contribution in [2.24, 2.45) is 0 Å². The second-order valence-electron chi connectivity index (χ2n) is 4.45. The Bertz CT molecular complexity index is 580. The smallest absolute Gasteiger partial charge is 0.254 e. The molecule has 0 radical (unpaired) electrons. The van der Waals surface area contributed by atoms with E-state index in [2.05, 4.69) is 15.4 Å². The molecule has 1 fully saturated rings. The van der Waals surface area contributed by atoms with E-state index >= 15 is 0 Å². The lowest BCUT2D eigenvalue weighted by atomic mass is 10.1. The van der Waals surface area contributed by atoms with Gasteiger partial charge >= 0.3 is 0 Å². The van der Waals surface area contributed by atoms with E-state index in [1.54, 1.807) is 18.2 Å².